The van der Waals surface area contributed by atoms with Crippen LogP contribution in [0.15, 0.2) is 48.5 Å². The molecule has 0 radical (unpaired) electrons. The summed E-state index contributed by atoms with van der Waals surface area (Å²) in [5, 5.41) is 0. The summed E-state index contributed by atoms with van der Waals surface area (Å²) in [6.07, 6.45) is 0.189. The molecule has 2 aromatic rings. The van der Waals surface area contributed by atoms with E-state index in [2.05, 4.69) is 0 Å². The molecule has 7 heteroatoms. The van der Waals surface area contributed by atoms with Crippen molar-refractivity contribution in [2.45, 2.75) is 6.42 Å². The van der Waals surface area contributed by atoms with Gasteiger partial charge in [-0.25, -0.2) is 4.39 Å². The molecular formula is C21H23FN2O4. The van der Waals surface area contributed by atoms with Gasteiger partial charge in [0.25, 0.3) is 0 Å². The number of methoxy groups -OCH3 is 1. The van der Waals surface area contributed by atoms with E-state index in [0.29, 0.717) is 24.6 Å². The molecule has 6 nitrogen and oxygen atoms in total. The molecule has 1 heterocycles. The fourth-order valence-corrected chi connectivity index (χ4v) is 3.14. The summed E-state index contributed by atoms with van der Waals surface area (Å²) >= 11 is 0. The van der Waals surface area contributed by atoms with Crippen molar-refractivity contribution >= 4 is 17.5 Å². The van der Waals surface area contributed by atoms with Gasteiger partial charge in [0.1, 0.15) is 23.9 Å². The van der Waals surface area contributed by atoms with Crippen LogP contribution in [0.25, 0.3) is 0 Å². The lowest BCUT2D eigenvalue weighted by molar-refractivity contribution is -0.134. The van der Waals surface area contributed by atoms with Crippen LogP contribution in [-0.4, -0.2) is 50.6 Å². The highest BCUT2D eigenvalue weighted by Crippen LogP contribution is 2.27. The van der Waals surface area contributed by atoms with Crippen molar-refractivity contribution in [3.63, 3.8) is 0 Å². The maximum atomic E-state index is 12.9. The topological polar surface area (TPSA) is 59.1 Å². The number of halogens is 1. The highest BCUT2D eigenvalue weighted by molar-refractivity contribution is 6.00. The summed E-state index contributed by atoms with van der Waals surface area (Å²) in [5.41, 5.74) is 0.753. The molecule has 1 fully saturated rings. The molecule has 0 aromatic heterocycles. The SMILES string of the molecule is COc1ccc(N2CC(C(=O)N(C)CCOc3ccc(F)cc3)CC2=O)cc1. The van der Waals surface area contributed by atoms with E-state index in [4.69, 9.17) is 9.47 Å². The van der Waals surface area contributed by atoms with Gasteiger partial charge < -0.3 is 19.3 Å². The predicted molar refractivity (Wildman–Crippen MR) is 103 cm³/mol. The predicted octanol–water partition coefficient (Wildman–Crippen LogP) is 2.72. The molecule has 1 aliphatic rings. The van der Waals surface area contributed by atoms with Gasteiger partial charge in [0.2, 0.25) is 11.8 Å². The van der Waals surface area contributed by atoms with Crippen molar-refractivity contribution in [3.05, 3.63) is 54.3 Å². The van der Waals surface area contributed by atoms with Crippen LogP contribution in [0, 0.1) is 11.7 Å². The smallest absolute Gasteiger partial charge is 0.227 e. The van der Waals surface area contributed by atoms with Crippen LogP contribution in [0.3, 0.4) is 0 Å². The first-order valence-electron chi connectivity index (χ1n) is 9.05. The first kappa shape index (κ1) is 19.7. The number of nitrogens with zero attached hydrogens (tertiary/aromatic N) is 2. The summed E-state index contributed by atoms with van der Waals surface area (Å²) in [4.78, 5) is 28.2. The van der Waals surface area contributed by atoms with Crippen molar-refractivity contribution in [1.82, 2.24) is 4.90 Å². The van der Waals surface area contributed by atoms with Gasteiger partial charge in [0, 0.05) is 25.7 Å². The van der Waals surface area contributed by atoms with Crippen LogP contribution in [0.1, 0.15) is 6.42 Å². The maximum Gasteiger partial charge on any atom is 0.227 e. The van der Waals surface area contributed by atoms with Gasteiger partial charge in [-0.15, -0.1) is 0 Å². The third kappa shape index (κ3) is 4.60. The number of likely N-dealkylation sites (N-methyl/N-ethyl adjacent to an activating group) is 1. The molecular weight excluding hydrogens is 363 g/mol. The molecule has 1 saturated heterocycles. The molecule has 2 aromatic carbocycles. The minimum Gasteiger partial charge on any atom is -0.497 e. The number of ether oxygens (including phenoxy) is 2. The molecule has 0 aliphatic carbocycles. The first-order chi connectivity index (χ1) is 13.5. The zero-order chi connectivity index (χ0) is 20.1. The number of hydrogen-bond donors (Lipinski definition) is 0. The molecule has 28 heavy (non-hydrogen) atoms. The van der Waals surface area contributed by atoms with Gasteiger partial charge in [-0.2, -0.15) is 0 Å². The highest BCUT2D eigenvalue weighted by Gasteiger charge is 2.36. The molecule has 0 N–H and O–H groups in total. The van der Waals surface area contributed by atoms with Gasteiger partial charge in [-0.1, -0.05) is 0 Å². The lowest BCUT2D eigenvalue weighted by Crippen LogP contribution is -2.37. The average Bonchev–Trinajstić information content (AvgIpc) is 3.10. The monoisotopic (exact) mass is 386 g/mol. The Morgan fingerprint density at radius 1 is 1.14 bits per heavy atom. The summed E-state index contributed by atoms with van der Waals surface area (Å²) in [6, 6.07) is 12.9. The molecule has 1 atom stereocenters. The molecule has 0 saturated carbocycles. The van der Waals surface area contributed by atoms with Crippen LogP contribution in [-0.2, 0) is 9.59 Å². The van der Waals surface area contributed by atoms with Crippen LogP contribution in [0.5, 0.6) is 11.5 Å². The van der Waals surface area contributed by atoms with Gasteiger partial charge >= 0.3 is 0 Å². The normalized spacial score (nSPS) is 16.2. The van der Waals surface area contributed by atoms with Crippen molar-refractivity contribution < 1.29 is 23.5 Å². The third-order valence-electron chi connectivity index (χ3n) is 4.74. The van der Waals surface area contributed by atoms with Gasteiger partial charge in [-0.05, 0) is 48.5 Å². The van der Waals surface area contributed by atoms with Crippen LogP contribution >= 0.6 is 0 Å². The Balaban J connectivity index is 1.52. The fraction of sp³-hybridized carbons (Fsp3) is 0.333. The summed E-state index contributed by atoms with van der Waals surface area (Å²) in [7, 11) is 3.28. The first-order valence-corrected chi connectivity index (χ1v) is 9.05. The maximum absolute atomic E-state index is 12.9. The van der Waals surface area contributed by atoms with Crippen molar-refractivity contribution in [2.75, 3.05) is 38.8 Å². The van der Waals surface area contributed by atoms with E-state index in [0.717, 1.165) is 5.69 Å². The Morgan fingerprint density at radius 2 is 1.79 bits per heavy atom. The second-order valence-electron chi connectivity index (χ2n) is 6.67. The van der Waals surface area contributed by atoms with Crippen molar-refractivity contribution in [2.24, 2.45) is 5.92 Å². The van der Waals surface area contributed by atoms with E-state index in [-0.39, 0.29) is 36.6 Å². The Labute approximate surface area is 163 Å². The Hall–Kier alpha value is -3.09. The minimum absolute atomic E-state index is 0.0699. The van der Waals surface area contributed by atoms with E-state index >= 15 is 0 Å². The van der Waals surface area contributed by atoms with Gasteiger partial charge in [0.05, 0.1) is 19.6 Å². The van der Waals surface area contributed by atoms with Crippen molar-refractivity contribution in [3.8, 4) is 11.5 Å². The average molecular weight is 386 g/mol. The number of rotatable bonds is 7. The summed E-state index contributed by atoms with van der Waals surface area (Å²) < 4.78 is 23.6. The fourth-order valence-electron chi connectivity index (χ4n) is 3.14. The Morgan fingerprint density at radius 3 is 2.43 bits per heavy atom. The van der Waals surface area contributed by atoms with E-state index in [1.54, 1.807) is 48.2 Å². The zero-order valence-electron chi connectivity index (χ0n) is 15.9. The Kier molecular flexibility index (Phi) is 6.13. The number of anilines is 1. The van der Waals surface area contributed by atoms with Crippen molar-refractivity contribution in [1.29, 1.82) is 0 Å². The van der Waals surface area contributed by atoms with Gasteiger partial charge in [0.15, 0.2) is 0 Å². The standard InChI is InChI=1S/C21H23FN2O4/c1-23(11-12-28-19-7-3-16(22)4-8-19)21(26)15-13-20(25)24(14-15)17-5-9-18(27-2)10-6-17/h3-10,15H,11-14H2,1-2H3. The van der Waals surface area contributed by atoms with E-state index in [9.17, 15) is 14.0 Å². The molecule has 148 valence electrons. The zero-order valence-corrected chi connectivity index (χ0v) is 15.9. The summed E-state index contributed by atoms with van der Waals surface area (Å²) in [5.74, 6) is 0.386. The summed E-state index contributed by atoms with van der Waals surface area (Å²) in [6.45, 7) is 1.02. The van der Waals surface area contributed by atoms with E-state index < -0.39 is 0 Å². The number of benzene rings is 2. The minimum atomic E-state index is -0.384. The molecule has 0 bridgehead atoms. The molecule has 1 aliphatic heterocycles. The molecule has 1 unspecified atom stereocenters. The molecule has 3 rings (SSSR count). The Bertz CT molecular complexity index is 823. The largest absolute Gasteiger partial charge is 0.497 e. The lowest BCUT2D eigenvalue weighted by Gasteiger charge is -2.21. The quantitative estimate of drug-likeness (QED) is 0.734. The van der Waals surface area contributed by atoms with E-state index in [1.807, 2.05) is 12.1 Å². The highest BCUT2D eigenvalue weighted by atomic mass is 19.1. The van der Waals surface area contributed by atoms with Crippen LogP contribution in [0.2, 0.25) is 0 Å². The van der Waals surface area contributed by atoms with Crippen LogP contribution in [0.4, 0.5) is 10.1 Å². The number of carbonyl (C=O) groups excluding carboxylic acids is 2. The lowest BCUT2D eigenvalue weighted by atomic mass is 10.1. The number of hydrogen-bond acceptors (Lipinski definition) is 4. The second-order valence-corrected chi connectivity index (χ2v) is 6.67. The van der Waals surface area contributed by atoms with Gasteiger partial charge in [-0.3, -0.25) is 9.59 Å². The number of carbonyl (C=O) groups is 2. The number of amides is 2. The molecule has 0 spiro atoms. The second kappa shape index (κ2) is 8.73. The van der Waals surface area contributed by atoms with Crippen LogP contribution < -0.4 is 14.4 Å². The van der Waals surface area contributed by atoms with E-state index in [1.165, 1.54) is 12.1 Å². The third-order valence-corrected chi connectivity index (χ3v) is 4.74. The molecule has 2 amide bonds.